The first-order valence-electron chi connectivity index (χ1n) is 13.9. The molecule has 0 aliphatic carbocycles. The molecule has 42 heavy (non-hydrogen) atoms. The molecule has 1 N–H and O–H groups in total. The van der Waals surface area contributed by atoms with E-state index in [9.17, 15) is 15.0 Å². The van der Waals surface area contributed by atoms with Gasteiger partial charge >= 0.3 is 29.6 Å². The second-order valence-electron chi connectivity index (χ2n) is 11.8. The molecular weight excluding hydrogens is 573 g/mol. The smallest absolute Gasteiger partial charge is 0.550 e. The quantitative estimate of drug-likeness (QED) is 0.223. The van der Waals surface area contributed by atoms with Crippen LogP contribution in [0.3, 0.4) is 0 Å². The number of halogens is 1. The summed E-state index contributed by atoms with van der Waals surface area (Å²) < 4.78 is 0. The van der Waals surface area contributed by atoms with Gasteiger partial charge < -0.3 is 15.0 Å². The maximum atomic E-state index is 11.3. The molecule has 0 amide bonds. The van der Waals surface area contributed by atoms with Gasteiger partial charge in [0, 0.05) is 27.4 Å². The SMILES string of the molecule is CC(C)(CC[C@@H](SCc1ccccc1C(C)(C)O)c1cccc(/C=C/c2ccc3ccc(Cl)cc3n2)c1)CC(=O)[O-].[Na+]. The van der Waals surface area contributed by atoms with Crippen molar-refractivity contribution in [2.45, 2.75) is 63.6 Å². The van der Waals surface area contributed by atoms with Crippen LogP contribution in [0.15, 0.2) is 78.9 Å². The molecule has 4 rings (SSSR count). The average Bonchev–Trinajstić information content (AvgIpc) is 2.90. The molecule has 1 atom stereocenters. The number of aliphatic carboxylic acids is 1. The number of carbonyl (C=O) groups excluding carboxylic acids is 1. The van der Waals surface area contributed by atoms with E-state index >= 15 is 0 Å². The van der Waals surface area contributed by atoms with Gasteiger partial charge in [-0.1, -0.05) is 92.2 Å². The van der Waals surface area contributed by atoms with Crippen molar-refractivity contribution < 1.29 is 44.6 Å². The summed E-state index contributed by atoms with van der Waals surface area (Å²) in [5.41, 5.74) is 4.67. The monoisotopic (exact) mass is 609 g/mol. The third-order valence-electron chi connectivity index (χ3n) is 7.23. The molecule has 214 valence electrons. The van der Waals surface area contributed by atoms with E-state index in [2.05, 4.69) is 36.4 Å². The number of benzene rings is 3. The minimum Gasteiger partial charge on any atom is -0.550 e. The number of hydrogen-bond acceptors (Lipinski definition) is 5. The predicted octanol–water partition coefficient (Wildman–Crippen LogP) is 5.21. The van der Waals surface area contributed by atoms with Crippen LogP contribution in [-0.4, -0.2) is 16.1 Å². The maximum absolute atomic E-state index is 11.3. The van der Waals surface area contributed by atoms with Crippen LogP contribution in [0, 0.1) is 5.41 Å². The van der Waals surface area contributed by atoms with Crippen molar-refractivity contribution in [2.75, 3.05) is 0 Å². The summed E-state index contributed by atoms with van der Waals surface area (Å²) in [4.78, 5) is 16.1. The van der Waals surface area contributed by atoms with Gasteiger partial charge in [-0.15, -0.1) is 11.8 Å². The number of carboxylic acid groups (broad SMARTS) is 1. The number of nitrogens with zero attached hydrogens (tertiary/aromatic N) is 1. The summed E-state index contributed by atoms with van der Waals surface area (Å²) in [5, 5.41) is 23.9. The van der Waals surface area contributed by atoms with E-state index in [1.54, 1.807) is 0 Å². The largest absolute Gasteiger partial charge is 1.00 e. The number of aromatic nitrogens is 1. The number of rotatable bonds is 12. The van der Waals surface area contributed by atoms with E-state index in [-0.39, 0.29) is 46.6 Å². The fraction of sp³-hybridized carbons (Fsp3) is 0.314. The van der Waals surface area contributed by atoms with Crippen LogP contribution in [0.1, 0.15) is 80.2 Å². The fourth-order valence-corrected chi connectivity index (χ4v) is 6.45. The van der Waals surface area contributed by atoms with E-state index in [1.807, 2.05) is 94.1 Å². The predicted molar refractivity (Wildman–Crippen MR) is 170 cm³/mol. The van der Waals surface area contributed by atoms with Crippen LogP contribution in [0.25, 0.3) is 23.1 Å². The minimum atomic E-state index is -1.02. The van der Waals surface area contributed by atoms with Crippen molar-refractivity contribution in [3.63, 3.8) is 0 Å². The summed E-state index contributed by atoms with van der Waals surface area (Å²) in [6.07, 6.45) is 5.65. The molecular formula is C35H37ClNNaO3S. The van der Waals surface area contributed by atoms with E-state index in [0.717, 1.165) is 51.9 Å². The fourth-order valence-electron chi connectivity index (χ4n) is 5.02. The summed E-state index contributed by atoms with van der Waals surface area (Å²) in [6.45, 7) is 7.59. The van der Waals surface area contributed by atoms with Gasteiger partial charge in [-0.2, -0.15) is 0 Å². The molecule has 0 radical (unpaired) electrons. The van der Waals surface area contributed by atoms with Crippen molar-refractivity contribution >= 4 is 52.4 Å². The van der Waals surface area contributed by atoms with E-state index < -0.39 is 11.6 Å². The van der Waals surface area contributed by atoms with Crippen LogP contribution in [0.4, 0.5) is 0 Å². The molecule has 1 aromatic heterocycles. The number of pyridine rings is 1. The number of aliphatic hydroxyl groups is 1. The average molecular weight is 610 g/mol. The molecule has 0 aliphatic rings. The van der Waals surface area contributed by atoms with Gasteiger partial charge in [0.2, 0.25) is 0 Å². The summed E-state index contributed by atoms with van der Waals surface area (Å²) in [7, 11) is 0. The second kappa shape index (κ2) is 15.1. The molecule has 0 fully saturated rings. The second-order valence-corrected chi connectivity index (χ2v) is 13.5. The van der Waals surface area contributed by atoms with Crippen LogP contribution in [0.5, 0.6) is 0 Å². The number of carbonyl (C=O) groups is 1. The van der Waals surface area contributed by atoms with Crippen LogP contribution < -0.4 is 34.7 Å². The third kappa shape index (κ3) is 9.97. The summed E-state index contributed by atoms with van der Waals surface area (Å²) in [6, 6.07) is 26.2. The van der Waals surface area contributed by atoms with E-state index in [0.29, 0.717) is 5.02 Å². The Morgan fingerprint density at radius 1 is 1.00 bits per heavy atom. The molecule has 0 spiro atoms. The number of carboxylic acids is 1. The Morgan fingerprint density at radius 2 is 1.74 bits per heavy atom. The van der Waals surface area contributed by atoms with Gasteiger partial charge in [-0.3, -0.25) is 0 Å². The van der Waals surface area contributed by atoms with Gasteiger partial charge in [0.25, 0.3) is 0 Å². The first kappa shape index (κ1) is 34.4. The van der Waals surface area contributed by atoms with Crippen molar-refractivity contribution in [3.8, 4) is 0 Å². The van der Waals surface area contributed by atoms with Gasteiger partial charge in [-0.05, 0) is 85.1 Å². The molecule has 0 aliphatic heterocycles. The Labute approximate surface area is 280 Å². The Morgan fingerprint density at radius 3 is 2.48 bits per heavy atom. The van der Waals surface area contributed by atoms with Crippen molar-refractivity contribution in [2.24, 2.45) is 5.41 Å². The maximum Gasteiger partial charge on any atom is 1.00 e. The van der Waals surface area contributed by atoms with Gasteiger partial charge in [0.05, 0.1) is 16.8 Å². The van der Waals surface area contributed by atoms with Gasteiger partial charge in [0.1, 0.15) is 0 Å². The minimum absolute atomic E-state index is 0. The summed E-state index contributed by atoms with van der Waals surface area (Å²) in [5.74, 6) is -0.287. The Balaban J connectivity index is 0.00000484. The number of fused-ring (bicyclic) bond motifs is 1. The topological polar surface area (TPSA) is 73.2 Å². The standard InChI is InChI=1S/C35H38ClNO3S.Na/c1-34(2,22-33(38)39)19-18-32(41-23-27-9-5-6-11-30(27)35(3,4)40)26-10-7-8-24(20-26)12-16-29-17-14-25-13-15-28(36)21-31(25)37-29;/h5-17,20-21,32,40H,18-19,22-23H2,1-4H3,(H,38,39);/q;+1/p-1/b16-12+;/t32-;/m1./s1. The third-order valence-corrected chi connectivity index (χ3v) is 8.85. The molecule has 7 heteroatoms. The van der Waals surface area contributed by atoms with Crippen LogP contribution in [-0.2, 0) is 16.1 Å². The van der Waals surface area contributed by atoms with Crippen molar-refractivity contribution in [3.05, 3.63) is 112 Å². The zero-order valence-corrected chi connectivity index (χ0v) is 28.6. The van der Waals surface area contributed by atoms with Gasteiger partial charge in [-0.25, -0.2) is 4.98 Å². The Hall–Kier alpha value is -2.12. The zero-order chi connectivity index (χ0) is 29.6. The Kier molecular flexibility index (Phi) is 12.3. The molecule has 4 aromatic rings. The van der Waals surface area contributed by atoms with Crippen LogP contribution in [0.2, 0.25) is 5.02 Å². The summed E-state index contributed by atoms with van der Waals surface area (Å²) >= 11 is 7.98. The first-order chi connectivity index (χ1) is 19.4. The molecule has 4 nitrogen and oxygen atoms in total. The molecule has 0 unspecified atom stereocenters. The molecule has 0 saturated heterocycles. The molecule has 0 bridgehead atoms. The number of thioether (sulfide) groups is 1. The normalized spacial score (nSPS) is 12.8. The molecule has 1 heterocycles. The molecule has 0 saturated carbocycles. The Bertz CT molecular complexity index is 1550. The van der Waals surface area contributed by atoms with E-state index in [4.69, 9.17) is 16.6 Å². The molecule has 3 aromatic carbocycles. The number of hydrogen-bond donors (Lipinski definition) is 1. The first-order valence-corrected chi connectivity index (χ1v) is 15.3. The van der Waals surface area contributed by atoms with Crippen molar-refractivity contribution in [1.29, 1.82) is 0 Å². The van der Waals surface area contributed by atoms with Crippen molar-refractivity contribution in [1.82, 2.24) is 4.98 Å². The van der Waals surface area contributed by atoms with Crippen LogP contribution >= 0.6 is 23.4 Å². The van der Waals surface area contributed by atoms with Gasteiger partial charge in [0.15, 0.2) is 0 Å². The zero-order valence-electron chi connectivity index (χ0n) is 25.1. The van der Waals surface area contributed by atoms with E-state index in [1.165, 1.54) is 5.56 Å².